The molecule has 3 atom stereocenters. The number of aliphatic hydroxyl groups excluding tert-OH is 1. The smallest absolute Gasteiger partial charge is 0.239 e. The fourth-order valence-corrected chi connectivity index (χ4v) is 3.37. The molecule has 1 aliphatic rings. The van der Waals surface area contributed by atoms with Crippen LogP contribution in [0.1, 0.15) is 20.3 Å². The second-order valence-corrected chi connectivity index (χ2v) is 5.78. The van der Waals surface area contributed by atoms with Crippen LogP contribution in [0.2, 0.25) is 0 Å². The molecule has 0 aromatic carbocycles. The van der Waals surface area contributed by atoms with E-state index in [0.717, 1.165) is 15.8 Å². The Morgan fingerprint density at radius 2 is 2.28 bits per heavy atom. The quantitative estimate of drug-likeness (QED) is 0.738. The summed E-state index contributed by atoms with van der Waals surface area (Å²) in [5.41, 5.74) is -1.39. The first-order valence-electron chi connectivity index (χ1n) is 5.67. The lowest BCUT2D eigenvalue weighted by molar-refractivity contribution is -0.161. The monoisotopic (exact) mass is 305 g/mol. The summed E-state index contributed by atoms with van der Waals surface area (Å²) in [5, 5.41) is 4.29. The zero-order valence-electron chi connectivity index (χ0n) is 11.6. The molecule has 0 aliphatic carbocycles. The van der Waals surface area contributed by atoms with Crippen LogP contribution >= 0.6 is 9.55 Å². The summed E-state index contributed by atoms with van der Waals surface area (Å²) in [5.74, 6) is -0.875. The molecule has 1 saturated heterocycles. The Morgan fingerprint density at radius 3 is 2.67 bits per heavy atom. The first-order valence-corrected chi connectivity index (χ1v) is 7.55. The maximum Gasteiger partial charge on any atom is 0.239 e. The van der Waals surface area contributed by atoms with Gasteiger partial charge in [-0.15, -0.1) is 0 Å². The molecule has 1 fully saturated rings. The third-order valence-corrected chi connectivity index (χ3v) is 3.93. The van der Waals surface area contributed by atoms with Gasteiger partial charge in [0.05, 0.1) is 22.4 Å². The molecule has 0 spiro atoms. The van der Waals surface area contributed by atoms with Crippen molar-refractivity contribution in [3.63, 3.8) is 0 Å². The number of hydrogen-bond acceptors (Lipinski definition) is 5. The van der Waals surface area contributed by atoms with E-state index in [9.17, 15) is 17.4 Å². The fraction of sp³-hybridized carbons (Fsp3) is 0.889. The van der Waals surface area contributed by atoms with Gasteiger partial charge < -0.3 is 9.85 Å². The molecule has 1 N–H and O–H groups in total. The van der Waals surface area contributed by atoms with E-state index in [1.54, 1.807) is 13.8 Å². The predicted molar refractivity (Wildman–Crippen MR) is 67.7 cm³/mol. The highest BCUT2D eigenvalue weighted by molar-refractivity contribution is 7.89. The van der Waals surface area contributed by atoms with Gasteiger partial charge in [-0.1, -0.05) is 6.92 Å². The van der Waals surface area contributed by atoms with Gasteiger partial charge in [-0.2, -0.15) is 0 Å². The topological polar surface area (TPSA) is 83.9 Å². The first-order chi connectivity index (χ1) is 8.79. The fourth-order valence-electron chi connectivity index (χ4n) is 2.07. The number of sulfonamides is 1. The van der Waals surface area contributed by atoms with Crippen molar-refractivity contribution in [1.29, 1.82) is 1.43 Å². The van der Waals surface area contributed by atoms with E-state index in [4.69, 9.17) is 6.17 Å². The van der Waals surface area contributed by atoms with Gasteiger partial charge >= 0.3 is 0 Å². The van der Waals surface area contributed by atoms with Gasteiger partial charge in [0.1, 0.15) is 0 Å². The zero-order chi connectivity index (χ0) is 15.3. The average molecular weight is 305 g/mol. The number of carbonyl (C=O) groups excluding carboxylic acids is 1. The molecule has 1 amide bonds. The van der Waals surface area contributed by atoms with E-state index in [0.29, 0.717) is 4.31 Å². The highest BCUT2D eigenvalue weighted by atomic mass is 32.2. The molecule has 108 valence electrons. The van der Waals surface area contributed by atoms with Crippen molar-refractivity contribution < 1.29 is 27.3 Å². The van der Waals surface area contributed by atoms with Crippen molar-refractivity contribution >= 4 is 25.5 Å². The maximum atomic E-state index is 11.7. The number of ether oxygens (including phenoxy) is 1. The molecule has 2 unspecified atom stereocenters. The second kappa shape index (κ2) is 6.75. The Hall–Kier alpha value is -0.300. The van der Waals surface area contributed by atoms with E-state index < -0.39 is 21.7 Å². The summed E-state index contributed by atoms with van der Waals surface area (Å²) < 4.78 is 45.7. The highest BCUT2D eigenvalue weighted by Gasteiger charge is 2.55. The molecule has 0 radical (unpaired) electrons. The van der Waals surface area contributed by atoms with Crippen LogP contribution in [-0.4, -0.2) is 50.4 Å². The molecule has 18 heavy (non-hydrogen) atoms. The third kappa shape index (κ3) is 3.17. The summed E-state index contributed by atoms with van der Waals surface area (Å²) in [6.07, 6.45) is 1.01. The Kier molecular flexibility index (Phi) is 5.91. The Balaban J connectivity index is 0.00000154. The number of aliphatic hydroxyl groups is 1. The third-order valence-electron chi connectivity index (χ3n) is 2.75. The second-order valence-electron chi connectivity index (χ2n) is 3.95. The molecule has 1 rings (SSSR count). The maximum absolute atomic E-state index is 11.7. The lowest BCUT2D eigenvalue weighted by Crippen LogP contribution is -2.55. The molecule has 1 heterocycles. The van der Waals surface area contributed by atoms with Gasteiger partial charge in [-0.05, 0) is 6.92 Å². The summed E-state index contributed by atoms with van der Waals surface area (Å²) >= 11 is 0. The Bertz CT molecular complexity index is 401. The molecular formula is C9H19FNO5PS. The highest BCUT2D eigenvalue weighted by Crippen LogP contribution is 2.38. The van der Waals surface area contributed by atoms with E-state index in [2.05, 4.69) is 5.11 Å². The van der Waals surface area contributed by atoms with E-state index in [1.165, 1.54) is 0 Å². The van der Waals surface area contributed by atoms with Crippen molar-refractivity contribution in [2.45, 2.75) is 26.0 Å². The lowest BCUT2D eigenvalue weighted by atomic mass is 10.00. The van der Waals surface area contributed by atoms with Crippen molar-refractivity contribution in [2.24, 2.45) is 5.92 Å². The summed E-state index contributed by atoms with van der Waals surface area (Å²) in [6.45, 7) is 3.34. The molecule has 9 heteroatoms. The normalized spacial score (nSPS) is 28.7. The molecular weight excluding hydrogens is 284 g/mol. The molecule has 6 nitrogen and oxygen atoms in total. The molecule has 0 saturated carbocycles. The standard InChI is InChI=1S/C9H17NO5S.FH2P/c1-4-15-9(6-11)7(2)5-8(12)10(9)16(3,13)14;1-2/h7,11H,4-6H2,1-3H3;2H2/t7-,9?;/m0./s1/i11T;. The van der Waals surface area contributed by atoms with Crippen molar-refractivity contribution in [3.05, 3.63) is 0 Å². The van der Waals surface area contributed by atoms with Crippen molar-refractivity contribution in [3.8, 4) is 0 Å². The van der Waals surface area contributed by atoms with Gasteiger partial charge in [-0.3, -0.25) is 4.79 Å². The van der Waals surface area contributed by atoms with Crippen LogP contribution in [0.25, 0.3) is 0 Å². The number of hydrogen-bond donors (Lipinski definition) is 1. The van der Waals surface area contributed by atoms with Crippen molar-refractivity contribution in [2.75, 3.05) is 19.5 Å². The van der Waals surface area contributed by atoms with Crippen LogP contribution in [0.15, 0.2) is 0 Å². The predicted octanol–water partition coefficient (Wildman–Crippen LogP) is 0.285. The molecule has 0 aromatic heterocycles. The molecule has 0 aromatic rings. The van der Waals surface area contributed by atoms with Crippen LogP contribution in [0, 0.1) is 5.92 Å². The van der Waals surface area contributed by atoms with Gasteiger partial charge in [0.25, 0.3) is 0 Å². The van der Waals surface area contributed by atoms with E-state index in [-0.39, 0.29) is 25.6 Å². The van der Waals surface area contributed by atoms with Gasteiger partial charge in [-0.25, -0.2) is 16.9 Å². The summed E-state index contributed by atoms with van der Waals surface area (Å²) in [6, 6.07) is 0. The van der Waals surface area contributed by atoms with Crippen LogP contribution in [0.5, 0.6) is 0 Å². The van der Waals surface area contributed by atoms with Crippen molar-refractivity contribution in [1.82, 2.24) is 4.31 Å². The minimum Gasteiger partial charge on any atom is -0.391 e. The number of carbonyl (C=O) groups is 1. The number of halogens is 1. The Morgan fingerprint density at radius 1 is 1.72 bits per heavy atom. The number of nitrogens with zero attached hydrogens (tertiary/aromatic N) is 1. The summed E-state index contributed by atoms with van der Waals surface area (Å²) in [7, 11) is -2.82. The molecule has 1 aliphatic heterocycles. The van der Waals surface area contributed by atoms with Gasteiger partial charge in [0.2, 0.25) is 17.4 Å². The van der Waals surface area contributed by atoms with E-state index in [1.807, 2.05) is 0 Å². The van der Waals surface area contributed by atoms with Crippen LogP contribution in [0.3, 0.4) is 0 Å². The van der Waals surface area contributed by atoms with Gasteiger partial charge in [0, 0.05) is 18.9 Å². The SMILES string of the molecule is FP.[3H]OCC1(OCC)[C@@H](C)CC(=O)N1S(C)(=O)=O. The Labute approximate surface area is 110 Å². The molecule has 0 bridgehead atoms. The minimum absolute atomic E-state index is 0.0659. The van der Waals surface area contributed by atoms with Crippen LogP contribution in [-0.2, 0) is 19.6 Å². The number of rotatable bonds is 5. The minimum atomic E-state index is -3.74. The summed E-state index contributed by atoms with van der Waals surface area (Å²) in [4.78, 5) is 11.7. The zero-order valence-corrected chi connectivity index (χ0v) is 12.5. The largest absolute Gasteiger partial charge is 0.391 e. The van der Waals surface area contributed by atoms with Crippen LogP contribution < -0.4 is 0 Å². The number of amides is 1. The lowest BCUT2D eigenvalue weighted by Gasteiger charge is -2.37. The first kappa shape index (κ1) is 15.8. The van der Waals surface area contributed by atoms with Crippen LogP contribution in [0.4, 0.5) is 4.20 Å². The van der Waals surface area contributed by atoms with E-state index >= 15 is 0 Å². The van der Waals surface area contributed by atoms with Gasteiger partial charge in [0.15, 0.2) is 5.72 Å². The average Bonchev–Trinajstić information content (AvgIpc) is 2.53.